The molecule has 0 aliphatic rings. The van der Waals surface area contributed by atoms with E-state index in [2.05, 4.69) is 21.2 Å². The minimum absolute atomic E-state index is 0.110. The number of benzene rings is 1. The van der Waals surface area contributed by atoms with Gasteiger partial charge in [-0.25, -0.2) is 4.79 Å². The van der Waals surface area contributed by atoms with E-state index in [-0.39, 0.29) is 6.04 Å². The summed E-state index contributed by atoms with van der Waals surface area (Å²) in [7, 11) is 0. The maximum atomic E-state index is 11.2. The van der Waals surface area contributed by atoms with Gasteiger partial charge >= 0.3 is 5.97 Å². The topological polar surface area (TPSA) is 58.6 Å². The summed E-state index contributed by atoms with van der Waals surface area (Å²) in [5.74, 6) is -0.303. The molecule has 2 unspecified atom stereocenters. The third-order valence-corrected chi connectivity index (χ3v) is 3.54. The molecule has 0 bridgehead atoms. The minimum Gasteiger partial charge on any atom is -0.479 e. The van der Waals surface area contributed by atoms with Gasteiger partial charge in [0.05, 0.1) is 0 Å². The number of carboxylic acids is 1. The van der Waals surface area contributed by atoms with Crippen molar-refractivity contribution in [2.75, 3.05) is 6.54 Å². The van der Waals surface area contributed by atoms with Crippen LogP contribution in [0.5, 0.6) is 5.75 Å². The van der Waals surface area contributed by atoms with Crippen molar-refractivity contribution in [3.05, 3.63) is 28.2 Å². The third kappa shape index (κ3) is 4.80. The largest absolute Gasteiger partial charge is 0.479 e. The van der Waals surface area contributed by atoms with Crippen molar-refractivity contribution >= 4 is 21.9 Å². The van der Waals surface area contributed by atoms with Crippen LogP contribution in [0.2, 0.25) is 0 Å². The van der Waals surface area contributed by atoms with Gasteiger partial charge in [-0.15, -0.1) is 0 Å². The molecule has 1 aromatic carbocycles. The summed E-state index contributed by atoms with van der Waals surface area (Å²) in [5, 5.41) is 12.5. The molecular weight excluding hydrogens is 322 g/mol. The zero-order valence-electron chi connectivity index (χ0n) is 12.1. The summed E-state index contributed by atoms with van der Waals surface area (Å²) >= 11 is 3.40. The Morgan fingerprint density at radius 2 is 2.15 bits per heavy atom. The lowest BCUT2D eigenvalue weighted by Crippen LogP contribution is -2.28. The van der Waals surface area contributed by atoms with E-state index in [1.165, 1.54) is 0 Å². The fourth-order valence-corrected chi connectivity index (χ4v) is 2.37. The molecule has 5 heteroatoms. The fraction of sp³-hybridized carbons (Fsp3) is 0.533. The first-order valence-electron chi connectivity index (χ1n) is 6.91. The average Bonchev–Trinajstić information content (AvgIpc) is 2.38. The summed E-state index contributed by atoms with van der Waals surface area (Å²) in [5.41, 5.74) is 0.970. The highest BCUT2D eigenvalue weighted by Crippen LogP contribution is 2.30. The van der Waals surface area contributed by atoms with Gasteiger partial charge in [0, 0.05) is 16.1 Å². The standard InChI is InChI=1S/C15H22BrNO3/c1-4-6-13(15(18)19)20-14-9-11(16)7-8-12(14)10(3)17-5-2/h7-10,13,17H,4-6H2,1-3H3,(H,18,19). The van der Waals surface area contributed by atoms with Crippen LogP contribution in [-0.4, -0.2) is 23.7 Å². The van der Waals surface area contributed by atoms with E-state index in [9.17, 15) is 9.90 Å². The Labute approximate surface area is 128 Å². The lowest BCUT2D eigenvalue weighted by atomic mass is 10.1. The second-order valence-electron chi connectivity index (χ2n) is 4.69. The molecule has 0 aliphatic heterocycles. The average molecular weight is 344 g/mol. The van der Waals surface area contributed by atoms with Gasteiger partial charge in [0.2, 0.25) is 0 Å². The molecule has 4 nitrogen and oxygen atoms in total. The van der Waals surface area contributed by atoms with E-state index in [0.717, 1.165) is 23.0 Å². The van der Waals surface area contributed by atoms with Crippen LogP contribution < -0.4 is 10.1 Å². The summed E-state index contributed by atoms with van der Waals surface area (Å²) in [6, 6.07) is 5.83. The van der Waals surface area contributed by atoms with Gasteiger partial charge in [-0.05, 0) is 32.0 Å². The van der Waals surface area contributed by atoms with E-state index >= 15 is 0 Å². The predicted octanol–water partition coefficient (Wildman–Crippen LogP) is 3.75. The van der Waals surface area contributed by atoms with Gasteiger partial charge in [0.25, 0.3) is 0 Å². The molecule has 0 fully saturated rings. The minimum atomic E-state index is -0.922. The molecule has 112 valence electrons. The van der Waals surface area contributed by atoms with Gasteiger partial charge in [-0.1, -0.05) is 42.3 Å². The number of nitrogens with one attached hydrogen (secondary N) is 1. The van der Waals surface area contributed by atoms with E-state index in [0.29, 0.717) is 12.2 Å². The van der Waals surface area contributed by atoms with Gasteiger partial charge in [-0.3, -0.25) is 0 Å². The molecule has 0 spiro atoms. The molecule has 0 saturated carbocycles. The molecular formula is C15H22BrNO3. The molecule has 2 atom stereocenters. The number of carbonyl (C=O) groups is 1. The summed E-state index contributed by atoms with van der Waals surface area (Å²) in [6.45, 7) is 6.86. The van der Waals surface area contributed by atoms with Crippen molar-refractivity contribution < 1.29 is 14.6 Å². The summed E-state index contributed by atoms with van der Waals surface area (Å²) in [4.78, 5) is 11.2. The molecule has 2 N–H and O–H groups in total. The molecule has 0 aliphatic carbocycles. The lowest BCUT2D eigenvalue weighted by molar-refractivity contribution is -0.145. The van der Waals surface area contributed by atoms with Crippen molar-refractivity contribution in [1.29, 1.82) is 0 Å². The van der Waals surface area contributed by atoms with Crippen LogP contribution in [-0.2, 0) is 4.79 Å². The zero-order chi connectivity index (χ0) is 15.1. The summed E-state index contributed by atoms with van der Waals surface area (Å²) in [6.07, 6.45) is 0.460. The molecule has 1 rings (SSSR count). The first-order valence-corrected chi connectivity index (χ1v) is 7.71. The zero-order valence-corrected chi connectivity index (χ0v) is 13.7. The van der Waals surface area contributed by atoms with E-state index in [4.69, 9.17) is 4.74 Å². The van der Waals surface area contributed by atoms with Gasteiger partial charge in [0.1, 0.15) is 5.75 Å². The maximum absolute atomic E-state index is 11.2. The van der Waals surface area contributed by atoms with Crippen LogP contribution in [0.15, 0.2) is 22.7 Å². The monoisotopic (exact) mass is 343 g/mol. The highest BCUT2D eigenvalue weighted by molar-refractivity contribution is 9.10. The van der Waals surface area contributed by atoms with Crippen molar-refractivity contribution in [2.45, 2.75) is 45.8 Å². The maximum Gasteiger partial charge on any atom is 0.344 e. The van der Waals surface area contributed by atoms with E-state index in [1.54, 1.807) is 0 Å². The van der Waals surface area contributed by atoms with Crippen LogP contribution in [0, 0.1) is 0 Å². The molecule has 0 saturated heterocycles. The Bertz CT molecular complexity index is 451. The number of carboxylic acid groups (broad SMARTS) is 1. The molecule has 0 radical (unpaired) electrons. The van der Waals surface area contributed by atoms with Crippen molar-refractivity contribution in [1.82, 2.24) is 5.32 Å². The van der Waals surface area contributed by atoms with Crippen LogP contribution >= 0.6 is 15.9 Å². The highest BCUT2D eigenvalue weighted by Gasteiger charge is 2.21. The van der Waals surface area contributed by atoms with Crippen molar-refractivity contribution in [3.8, 4) is 5.75 Å². The Morgan fingerprint density at radius 3 is 2.70 bits per heavy atom. The predicted molar refractivity (Wildman–Crippen MR) is 83.2 cm³/mol. The van der Waals surface area contributed by atoms with Crippen LogP contribution in [0.4, 0.5) is 0 Å². The second kappa shape index (κ2) is 8.27. The number of rotatable bonds is 8. The number of hydrogen-bond acceptors (Lipinski definition) is 3. The normalized spacial score (nSPS) is 13.8. The first-order chi connectivity index (χ1) is 9.49. The number of hydrogen-bond donors (Lipinski definition) is 2. The summed E-state index contributed by atoms with van der Waals surface area (Å²) < 4.78 is 6.60. The molecule has 20 heavy (non-hydrogen) atoms. The molecule has 1 aromatic rings. The highest BCUT2D eigenvalue weighted by atomic mass is 79.9. The number of ether oxygens (including phenoxy) is 1. The van der Waals surface area contributed by atoms with E-state index < -0.39 is 12.1 Å². The number of aliphatic carboxylic acids is 1. The Balaban J connectivity index is 3.01. The lowest BCUT2D eigenvalue weighted by Gasteiger charge is -2.21. The molecule has 0 aromatic heterocycles. The Morgan fingerprint density at radius 1 is 1.45 bits per heavy atom. The fourth-order valence-electron chi connectivity index (χ4n) is 2.03. The van der Waals surface area contributed by atoms with Crippen LogP contribution in [0.3, 0.4) is 0 Å². The van der Waals surface area contributed by atoms with E-state index in [1.807, 2.05) is 39.0 Å². The van der Waals surface area contributed by atoms with Crippen molar-refractivity contribution in [2.24, 2.45) is 0 Å². The second-order valence-corrected chi connectivity index (χ2v) is 5.61. The number of halogens is 1. The van der Waals surface area contributed by atoms with Crippen LogP contribution in [0.25, 0.3) is 0 Å². The quantitative estimate of drug-likeness (QED) is 0.754. The smallest absolute Gasteiger partial charge is 0.344 e. The first kappa shape index (κ1) is 17.0. The van der Waals surface area contributed by atoms with Gasteiger partial charge < -0.3 is 15.2 Å². The van der Waals surface area contributed by atoms with Gasteiger partial charge in [-0.2, -0.15) is 0 Å². The SMILES string of the molecule is CCCC(Oc1cc(Br)ccc1C(C)NCC)C(=O)O. The van der Waals surface area contributed by atoms with Crippen LogP contribution in [0.1, 0.15) is 45.2 Å². The molecule has 0 heterocycles. The molecule has 0 amide bonds. The third-order valence-electron chi connectivity index (χ3n) is 3.05. The Hall–Kier alpha value is -1.07. The van der Waals surface area contributed by atoms with Gasteiger partial charge in [0.15, 0.2) is 6.10 Å². The Kier molecular flexibility index (Phi) is 7.02. The van der Waals surface area contributed by atoms with Crippen molar-refractivity contribution in [3.63, 3.8) is 0 Å².